The van der Waals surface area contributed by atoms with E-state index < -0.39 is 5.91 Å². The van der Waals surface area contributed by atoms with Crippen LogP contribution in [-0.4, -0.2) is 12.1 Å². The Morgan fingerprint density at radius 3 is 2.71 bits per heavy atom. The second-order valence-electron chi connectivity index (χ2n) is 4.91. The molecule has 1 aromatic carbocycles. The zero-order valence-electron chi connectivity index (χ0n) is 12.5. The van der Waals surface area contributed by atoms with Crippen molar-refractivity contribution < 1.29 is 13.6 Å². The topological polar surface area (TPSA) is 67.7 Å². The molecule has 24 heavy (non-hydrogen) atoms. The quantitative estimate of drug-likeness (QED) is 0.529. The van der Waals surface area contributed by atoms with Gasteiger partial charge in [-0.2, -0.15) is 5.10 Å². The van der Waals surface area contributed by atoms with Crippen LogP contribution in [0.5, 0.6) is 0 Å². The Morgan fingerprint density at radius 1 is 1.12 bits per heavy atom. The first-order valence-electron chi connectivity index (χ1n) is 6.98. The lowest BCUT2D eigenvalue weighted by Crippen LogP contribution is -2.16. The third kappa shape index (κ3) is 3.53. The van der Waals surface area contributed by atoms with E-state index in [9.17, 15) is 4.79 Å². The lowest BCUT2D eigenvalue weighted by Gasteiger charge is -2.01. The van der Waals surface area contributed by atoms with Crippen molar-refractivity contribution in [2.24, 2.45) is 5.10 Å². The van der Waals surface area contributed by atoms with Gasteiger partial charge in [0.25, 0.3) is 0 Å². The van der Waals surface area contributed by atoms with Crippen LogP contribution in [0.25, 0.3) is 11.3 Å². The summed E-state index contributed by atoms with van der Waals surface area (Å²) in [5.74, 6) is 1.41. The molecule has 1 amide bonds. The lowest BCUT2D eigenvalue weighted by atomic mass is 10.2. The highest BCUT2D eigenvalue weighted by atomic mass is 35.5. The summed E-state index contributed by atoms with van der Waals surface area (Å²) >= 11 is 12.2. The molecule has 0 radical (unpaired) electrons. The number of carbonyl (C=O) groups is 1. The molecule has 0 spiro atoms. The highest BCUT2D eigenvalue weighted by Gasteiger charge is 2.11. The van der Waals surface area contributed by atoms with Crippen molar-refractivity contribution in [3.8, 4) is 11.3 Å². The number of furan rings is 2. The summed E-state index contributed by atoms with van der Waals surface area (Å²) in [4.78, 5) is 11.8. The molecule has 2 heterocycles. The molecule has 2 aromatic heterocycles. The van der Waals surface area contributed by atoms with Crippen LogP contribution >= 0.6 is 23.2 Å². The monoisotopic (exact) mass is 362 g/mol. The molecule has 0 aliphatic heterocycles. The fourth-order valence-corrected chi connectivity index (χ4v) is 2.42. The van der Waals surface area contributed by atoms with Crippen molar-refractivity contribution in [2.75, 3.05) is 0 Å². The SMILES string of the molecule is Cc1ccc(C(=O)N/N=C\c2ccc(-c3cccc(Cl)c3Cl)o2)o1. The van der Waals surface area contributed by atoms with Gasteiger partial charge in [-0.1, -0.05) is 29.3 Å². The van der Waals surface area contributed by atoms with Gasteiger partial charge in [-0.25, -0.2) is 5.43 Å². The van der Waals surface area contributed by atoms with Gasteiger partial charge in [0.2, 0.25) is 0 Å². The Bertz CT molecular complexity index is 912. The number of halogens is 2. The van der Waals surface area contributed by atoms with Crippen molar-refractivity contribution >= 4 is 35.3 Å². The number of carbonyl (C=O) groups excluding carboxylic acids is 1. The second-order valence-corrected chi connectivity index (χ2v) is 5.70. The minimum Gasteiger partial charge on any atom is -0.456 e. The van der Waals surface area contributed by atoms with E-state index in [2.05, 4.69) is 10.5 Å². The van der Waals surface area contributed by atoms with Gasteiger partial charge in [0.1, 0.15) is 17.3 Å². The van der Waals surface area contributed by atoms with Crippen molar-refractivity contribution in [1.82, 2.24) is 5.43 Å². The highest BCUT2D eigenvalue weighted by Crippen LogP contribution is 2.34. The minimum atomic E-state index is -0.441. The summed E-state index contributed by atoms with van der Waals surface area (Å²) < 4.78 is 10.8. The summed E-state index contributed by atoms with van der Waals surface area (Å²) in [5, 5.41) is 4.70. The molecule has 0 fully saturated rings. The van der Waals surface area contributed by atoms with Crippen LogP contribution in [0.2, 0.25) is 10.0 Å². The van der Waals surface area contributed by atoms with Crippen LogP contribution in [0.15, 0.2) is 56.4 Å². The molecule has 5 nitrogen and oxygen atoms in total. The Labute approximate surface area is 147 Å². The van der Waals surface area contributed by atoms with Gasteiger partial charge in [0.05, 0.1) is 16.3 Å². The van der Waals surface area contributed by atoms with E-state index in [1.54, 1.807) is 49.4 Å². The predicted octanol–water partition coefficient (Wildman–Crippen LogP) is 4.92. The van der Waals surface area contributed by atoms with E-state index in [-0.39, 0.29) is 5.76 Å². The van der Waals surface area contributed by atoms with E-state index in [0.717, 1.165) is 0 Å². The molecule has 3 aromatic rings. The fraction of sp³-hybridized carbons (Fsp3) is 0.0588. The number of nitrogens with zero attached hydrogens (tertiary/aromatic N) is 1. The number of aryl methyl sites for hydroxylation is 1. The summed E-state index contributed by atoms with van der Waals surface area (Å²) in [7, 11) is 0. The Balaban J connectivity index is 1.70. The third-order valence-electron chi connectivity index (χ3n) is 3.17. The summed E-state index contributed by atoms with van der Waals surface area (Å²) in [6, 6.07) is 12.0. The van der Waals surface area contributed by atoms with Gasteiger partial charge in [0.15, 0.2) is 5.76 Å². The first kappa shape index (κ1) is 16.4. The summed E-state index contributed by atoms with van der Waals surface area (Å²) in [6.07, 6.45) is 1.38. The molecule has 0 aliphatic carbocycles. The van der Waals surface area contributed by atoms with Crippen LogP contribution in [0.1, 0.15) is 22.1 Å². The number of hydrazone groups is 1. The maximum Gasteiger partial charge on any atom is 0.307 e. The molecular formula is C17H12Cl2N2O3. The van der Waals surface area contributed by atoms with Crippen LogP contribution in [0, 0.1) is 6.92 Å². The fourth-order valence-electron chi connectivity index (χ4n) is 2.03. The normalized spacial score (nSPS) is 11.1. The van der Waals surface area contributed by atoms with Crippen molar-refractivity contribution in [3.63, 3.8) is 0 Å². The molecular weight excluding hydrogens is 351 g/mol. The maximum atomic E-state index is 11.8. The minimum absolute atomic E-state index is 0.190. The number of rotatable bonds is 4. The number of nitrogens with one attached hydrogen (secondary N) is 1. The van der Waals surface area contributed by atoms with Crippen LogP contribution in [-0.2, 0) is 0 Å². The zero-order chi connectivity index (χ0) is 17.1. The molecule has 0 saturated heterocycles. The van der Waals surface area contributed by atoms with E-state index in [4.69, 9.17) is 32.0 Å². The third-order valence-corrected chi connectivity index (χ3v) is 3.98. The lowest BCUT2D eigenvalue weighted by molar-refractivity contribution is 0.0926. The van der Waals surface area contributed by atoms with Gasteiger partial charge in [0, 0.05) is 5.56 Å². The average molecular weight is 363 g/mol. The van der Waals surface area contributed by atoms with E-state index in [1.165, 1.54) is 6.21 Å². The number of hydrogen-bond donors (Lipinski definition) is 1. The maximum absolute atomic E-state index is 11.8. The zero-order valence-corrected chi connectivity index (χ0v) is 14.1. The average Bonchev–Trinajstić information content (AvgIpc) is 3.19. The van der Waals surface area contributed by atoms with Crippen molar-refractivity contribution in [1.29, 1.82) is 0 Å². The molecule has 0 atom stereocenters. The van der Waals surface area contributed by atoms with Gasteiger partial charge in [-0.3, -0.25) is 4.79 Å². The van der Waals surface area contributed by atoms with Gasteiger partial charge >= 0.3 is 5.91 Å². The number of amides is 1. The van der Waals surface area contributed by atoms with Crippen LogP contribution < -0.4 is 5.43 Å². The Hall–Kier alpha value is -2.50. The van der Waals surface area contributed by atoms with Crippen LogP contribution in [0.3, 0.4) is 0 Å². The first-order chi connectivity index (χ1) is 11.5. The molecule has 122 valence electrons. The van der Waals surface area contributed by atoms with Gasteiger partial charge < -0.3 is 8.83 Å². The largest absolute Gasteiger partial charge is 0.456 e. The highest BCUT2D eigenvalue weighted by molar-refractivity contribution is 6.43. The number of benzene rings is 1. The predicted molar refractivity (Wildman–Crippen MR) is 92.7 cm³/mol. The molecule has 0 saturated carbocycles. The van der Waals surface area contributed by atoms with E-state index in [1.807, 2.05) is 0 Å². The molecule has 7 heteroatoms. The Morgan fingerprint density at radius 2 is 1.96 bits per heavy atom. The molecule has 0 aliphatic rings. The smallest absolute Gasteiger partial charge is 0.307 e. The van der Waals surface area contributed by atoms with Crippen LogP contribution in [0.4, 0.5) is 0 Å². The van der Waals surface area contributed by atoms with Crippen molar-refractivity contribution in [3.05, 3.63) is 69.8 Å². The molecule has 0 bridgehead atoms. The summed E-state index contributed by atoms with van der Waals surface area (Å²) in [6.45, 7) is 1.76. The van der Waals surface area contributed by atoms with Crippen molar-refractivity contribution in [2.45, 2.75) is 6.92 Å². The molecule has 0 unspecified atom stereocenters. The molecule has 1 N–H and O–H groups in total. The second kappa shape index (κ2) is 6.95. The van der Waals surface area contributed by atoms with Gasteiger partial charge in [-0.05, 0) is 43.3 Å². The van der Waals surface area contributed by atoms with E-state index >= 15 is 0 Å². The Kier molecular flexibility index (Phi) is 4.74. The molecule has 3 rings (SSSR count). The number of hydrogen-bond acceptors (Lipinski definition) is 4. The first-order valence-corrected chi connectivity index (χ1v) is 7.74. The van der Waals surface area contributed by atoms with Gasteiger partial charge in [-0.15, -0.1) is 0 Å². The standard InChI is InChI=1S/C17H12Cl2N2O3/c1-10-5-7-15(23-10)17(22)21-20-9-11-6-8-14(24-11)12-3-2-4-13(18)16(12)19/h2-9H,1H3,(H,21,22)/b20-9-. The van der Waals surface area contributed by atoms with E-state index in [0.29, 0.717) is 32.9 Å². The summed E-state index contributed by atoms with van der Waals surface area (Å²) in [5.41, 5.74) is 3.04.